The van der Waals surface area contributed by atoms with Gasteiger partial charge in [-0.15, -0.1) is 0 Å². The van der Waals surface area contributed by atoms with Crippen molar-refractivity contribution >= 4 is 40.0 Å². The molecule has 4 rings (SSSR count). The van der Waals surface area contributed by atoms with Crippen LogP contribution in [0, 0.1) is 0 Å². The van der Waals surface area contributed by atoms with E-state index in [9.17, 15) is 9.59 Å². The van der Waals surface area contributed by atoms with Crippen LogP contribution >= 0.6 is 0 Å². The molecule has 2 heterocycles. The van der Waals surface area contributed by atoms with E-state index < -0.39 is 11.6 Å². The molecule has 0 N–H and O–H groups in total. The average molecular weight is 401 g/mol. The van der Waals surface area contributed by atoms with Gasteiger partial charge >= 0.3 is 11.6 Å². The SMILES string of the molecule is CCOC(=O)c1cc(/C=C/c2ccc(OC)cc2)c2c(=O)oc3ccccc3c2n1. The average Bonchev–Trinajstić information content (AvgIpc) is 2.77. The molecule has 30 heavy (non-hydrogen) atoms. The molecule has 2 aromatic heterocycles. The number of rotatable bonds is 5. The summed E-state index contributed by atoms with van der Waals surface area (Å²) in [6.45, 7) is 1.96. The van der Waals surface area contributed by atoms with Crippen molar-refractivity contribution in [3.05, 3.63) is 81.8 Å². The minimum Gasteiger partial charge on any atom is -0.497 e. The molecule has 0 amide bonds. The summed E-state index contributed by atoms with van der Waals surface area (Å²) < 4.78 is 15.8. The second kappa shape index (κ2) is 8.21. The molecule has 0 atom stereocenters. The number of para-hydroxylation sites is 1. The van der Waals surface area contributed by atoms with Crippen molar-refractivity contribution in [2.24, 2.45) is 0 Å². The Morgan fingerprint density at radius 3 is 2.60 bits per heavy atom. The number of esters is 1. The number of carbonyl (C=O) groups excluding carboxylic acids is 1. The number of carbonyl (C=O) groups is 1. The van der Waals surface area contributed by atoms with E-state index in [1.807, 2.05) is 36.4 Å². The van der Waals surface area contributed by atoms with Crippen molar-refractivity contribution in [1.29, 1.82) is 0 Å². The minimum absolute atomic E-state index is 0.134. The Labute approximate surface area is 172 Å². The molecule has 6 heteroatoms. The molecule has 0 fully saturated rings. The van der Waals surface area contributed by atoms with Crippen molar-refractivity contribution in [1.82, 2.24) is 4.98 Å². The van der Waals surface area contributed by atoms with Crippen LogP contribution in [0.25, 0.3) is 34.0 Å². The Kier molecular flexibility index (Phi) is 5.30. The first-order valence-corrected chi connectivity index (χ1v) is 9.46. The standard InChI is InChI=1S/C24H19NO5/c1-3-29-23(26)19-14-16(11-8-15-9-12-17(28-2)13-10-15)21-22(25-19)18-6-4-5-7-20(18)30-24(21)27/h4-14H,3H2,1-2H3/b11-8+. The molecule has 0 bridgehead atoms. The largest absolute Gasteiger partial charge is 0.497 e. The normalized spacial score (nSPS) is 11.3. The number of aromatic nitrogens is 1. The maximum atomic E-state index is 12.7. The lowest BCUT2D eigenvalue weighted by atomic mass is 10.0. The lowest BCUT2D eigenvalue weighted by Gasteiger charge is -2.08. The number of fused-ring (bicyclic) bond motifs is 3. The second-order valence-corrected chi connectivity index (χ2v) is 6.53. The van der Waals surface area contributed by atoms with Crippen LogP contribution in [0.5, 0.6) is 5.75 Å². The first kappa shape index (κ1) is 19.4. The third kappa shape index (κ3) is 3.67. The smallest absolute Gasteiger partial charge is 0.356 e. The van der Waals surface area contributed by atoms with Gasteiger partial charge in [-0.05, 0) is 48.4 Å². The predicted molar refractivity (Wildman–Crippen MR) is 116 cm³/mol. The third-order valence-electron chi connectivity index (χ3n) is 4.65. The summed E-state index contributed by atoms with van der Waals surface area (Å²) in [7, 11) is 1.61. The number of hydrogen-bond donors (Lipinski definition) is 0. The van der Waals surface area contributed by atoms with E-state index in [1.54, 1.807) is 44.4 Å². The maximum absolute atomic E-state index is 12.7. The number of hydrogen-bond acceptors (Lipinski definition) is 6. The second-order valence-electron chi connectivity index (χ2n) is 6.53. The molecule has 0 radical (unpaired) electrons. The Balaban J connectivity index is 1.93. The summed E-state index contributed by atoms with van der Waals surface area (Å²) in [6.07, 6.45) is 3.61. The van der Waals surface area contributed by atoms with E-state index in [1.165, 1.54) is 0 Å². The van der Waals surface area contributed by atoms with E-state index in [2.05, 4.69) is 4.98 Å². The highest BCUT2D eigenvalue weighted by Gasteiger charge is 2.17. The van der Waals surface area contributed by atoms with Gasteiger partial charge in [0.1, 0.15) is 17.0 Å². The van der Waals surface area contributed by atoms with Crippen molar-refractivity contribution < 1.29 is 18.7 Å². The van der Waals surface area contributed by atoms with Gasteiger partial charge in [-0.3, -0.25) is 0 Å². The highest BCUT2D eigenvalue weighted by atomic mass is 16.5. The maximum Gasteiger partial charge on any atom is 0.356 e. The number of benzene rings is 2. The topological polar surface area (TPSA) is 78.6 Å². The summed E-state index contributed by atoms with van der Waals surface area (Å²) in [6, 6.07) is 16.1. The molecule has 4 aromatic rings. The van der Waals surface area contributed by atoms with Gasteiger partial charge in [0.25, 0.3) is 0 Å². The Morgan fingerprint density at radius 2 is 1.87 bits per heavy atom. The van der Waals surface area contributed by atoms with Crippen molar-refractivity contribution in [2.75, 3.05) is 13.7 Å². The molecule has 0 unspecified atom stereocenters. The monoisotopic (exact) mass is 401 g/mol. The number of methoxy groups -OCH3 is 1. The van der Waals surface area contributed by atoms with Crippen molar-refractivity contribution in [3.8, 4) is 5.75 Å². The van der Waals surface area contributed by atoms with Gasteiger partial charge in [0.05, 0.1) is 24.6 Å². The summed E-state index contributed by atoms with van der Waals surface area (Å²) in [5.41, 5.74) is 1.87. The fourth-order valence-electron chi connectivity index (χ4n) is 3.22. The lowest BCUT2D eigenvalue weighted by Crippen LogP contribution is -2.10. The van der Waals surface area contributed by atoms with Crippen LogP contribution in [-0.4, -0.2) is 24.7 Å². The number of pyridine rings is 1. The van der Waals surface area contributed by atoms with Crippen LogP contribution < -0.4 is 10.4 Å². The van der Waals surface area contributed by atoms with E-state index in [0.717, 1.165) is 11.3 Å². The number of ether oxygens (including phenoxy) is 2. The van der Waals surface area contributed by atoms with E-state index in [4.69, 9.17) is 13.9 Å². The fourth-order valence-corrected chi connectivity index (χ4v) is 3.22. The van der Waals surface area contributed by atoms with Crippen LogP contribution in [0.4, 0.5) is 0 Å². The molecule has 0 aliphatic carbocycles. The van der Waals surface area contributed by atoms with Gasteiger partial charge in [0.2, 0.25) is 0 Å². The predicted octanol–water partition coefficient (Wildman–Crippen LogP) is 4.70. The van der Waals surface area contributed by atoms with Gasteiger partial charge in [-0.2, -0.15) is 0 Å². The molecular weight excluding hydrogens is 382 g/mol. The van der Waals surface area contributed by atoms with Crippen molar-refractivity contribution in [3.63, 3.8) is 0 Å². The van der Waals surface area contributed by atoms with Crippen LogP contribution in [0.2, 0.25) is 0 Å². The zero-order chi connectivity index (χ0) is 21.1. The van der Waals surface area contributed by atoms with Gasteiger partial charge < -0.3 is 13.9 Å². The van der Waals surface area contributed by atoms with Crippen LogP contribution in [0.15, 0.2) is 63.8 Å². The Morgan fingerprint density at radius 1 is 1.10 bits per heavy atom. The molecule has 150 valence electrons. The van der Waals surface area contributed by atoms with E-state index in [0.29, 0.717) is 27.4 Å². The summed E-state index contributed by atoms with van der Waals surface area (Å²) in [5.74, 6) is 0.203. The highest BCUT2D eigenvalue weighted by Crippen LogP contribution is 2.26. The molecule has 6 nitrogen and oxygen atoms in total. The summed E-state index contributed by atoms with van der Waals surface area (Å²) in [5, 5.41) is 0.962. The zero-order valence-corrected chi connectivity index (χ0v) is 16.5. The highest BCUT2D eigenvalue weighted by molar-refractivity contribution is 6.06. The van der Waals surface area contributed by atoms with Gasteiger partial charge in [0, 0.05) is 5.39 Å². The van der Waals surface area contributed by atoms with Crippen LogP contribution in [-0.2, 0) is 4.74 Å². The first-order valence-electron chi connectivity index (χ1n) is 9.46. The fraction of sp³-hybridized carbons (Fsp3) is 0.125. The molecule has 0 spiro atoms. The minimum atomic E-state index is -0.546. The Bertz CT molecular complexity index is 1320. The lowest BCUT2D eigenvalue weighted by molar-refractivity contribution is 0.0520. The van der Waals surface area contributed by atoms with Crippen molar-refractivity contribution in [2.45, 2.75) is 6.92 Å². The van der Waals surface area contributed by atoms with Crippen LogP contribution in [0.3, 0.4) is 0 Å². The summed E-state index contributed by atoms with van der Waals surface area (Å²) >= 11 is 0. The van der Waals surface area contributed by atoms with Crippen LogP contribution in [0.1, 0.15) is 28.5 Å². The molecular formula is C24H19NO5. The molecule has 2 aromatic carbocycles. The molecule has 0 aliphatic heterocycles. The number of nitrogens with zero attached hydrogens (tertiary/aromatic N) is 1. The van der Waals surface area contributed by atoms with Gasteiger partial charge in [0.15, 0.2) is 0 Å². The first-order chi connectivity index (χ1) is 14.6. The third-order valence-corrected chi connectivity index (χ3v) is 4.65. The molecule has 0 saturated carbocycles. The zero-order valence-electron chi connectivity index (χ0n) is 16.5. The van der Waals surface area contributed by atoms with E-state index in [-0.39, 0.29) is 12.3 Å². The van der Waals surface area contributed by atoms with Gasteiger partial charge in [-0.1, -0.05) is 36.4 Å². The molecule has 0 saturated heterocycles. The Hall–Kier alpha value is -3.93. The van der Waals surface area contributed by atoms with Gasteiger partial charge in [-0.25, -0.2) is 14.6 Å². The molecule has 0 aliphatic rings. The quantitative estimate of drug-likeness (QED) is 0.274. The van der Waals surface area contributed by atoms with E-state index >= 15 is 0 Å². The summed E-state index contributed by atoms with van der Waals surface area (Å²) in [4.78, 5) is 29.6.